The molecule has 2 aromatic carbocycles. The van der Waals surface area contributed by atoms with Gasteiger partial charge in [-0.1, -0.05) is 0 Å². The molecule has 10 nitrogen and oxygen atoms in total. The topological polar surface area (TPSA) is 130 Å². The van der Waals surface area contributed by atoms with Gasteiger partial charge in [-0.05, 0) is 61.2 Å². The van der Waals surface area contributed by atoms with Crippen LogP contribution in [0.1, 0.15) is 30.5 Å². The van der Waals surface area contributed by atoms with Crippen molar-refractivity contribution in [2.75, 3.05) is 29.1 Å². The van der Waals surface area contributed by atoms with Gasteiger partial charge < -0.3 is 20.5 Å². The van der Waals surface area contributed by atoms with E-state index in [0.29, 0.717) is 54.0 Å². The van der Waals surface area contributed by atoms with Gasteiger partial charge >= 0.3 is 12.1 Å². The molecule has 196 valence electrons. The van der Waals surface area contributed by atoms with E-state index in [9.17, 15) is 28.7 Å². The maximum absolute atomic E-state index is 14.9. The van der Waals surface area contributed by atoms with Crippen LogP contribution in [0.4, 0.5) is 20.6 Å². The minimum Gasteiger partial charge on any atom is -0.480 e. The number of carboxylic acids is 1. The van der Waals surface area contributed by atoms with Crippen LogP contribution < -0.4 is 21.1 Å². The first-order valence-corrected chi connectivity index (χ1v) is 13.1. The van der Waals surface area contributed by atoms with Gasteiger partial charge in [0.1, 0.15) is 11.9 Å². The molecule has 0 aliphatic carbocycles. The lowest BCUT2D eigenvalue weighted by atomic mass is 10.0. The number of hydrogen-bond donors (Lipinski definition) is 3. The van der Waals surface area contributed by atoms with Crippen LogP contribution in [0.2, 0.25) is 0 Å². The summed E-state index contributed by atoms with van der Waals surface area (Å²) in [4.78, 5) is 51.4. The number of ether oxygens (including phenoxy) is 1. The zero-order chi connectivity index (χ0) is 26.6. The molecule has 0 bridgehead atoms. The average molecular weight is 539 g/mol. The van der Waals surface area contributed by atoms with Crippen LogP contribution in [-0.4, -0.2) is 52.6 Å². The third-order valence-corrected chi connectivity index (χ3v) is 8.16. The van der Waals surface area contributed by atoms with Gasteiger partial charge in [0.2, 0.25) is 5.91 Å². The van der Waals surface area contributed by atoms with Crippen LogP contribution in [0.3, 0.4) is 0 Å². The quantitative estimate of drug-likeness (QED) is 0.391. The Kier molecular flexibility index (Phi) is 6.07. The van der Waals surface area contributed by atoms with Crippen LogP contribution in [0.5, 0.6) is 0 Å². The van der Waals surface area contributed by atoms with Crippen LogP contribution >= 0.6 is 11.8 Å². The third-order valence-electron chi connectivity index (χ3n) is 7.09. The molecule has 38 heavy (non-hydrogen) atoms. The number of anilines is 2. The largest absolute Gasteiger partial charge is 0.480 e. The molecule has 0 radical (unpaired) electrons. The first kappa shape index (κ1) is 24.4. The van der Waals surface area contributed by atoms with Crippen LogP contribution in [0.25, 0.3) is 10.9 Å². The predicted octanol–water partition coefficient (Wildman–Crippen LogP) is 3.26. The summed E-state index contributed by atoms with van der Waals surface area (Å²) in [5.41, 5.74) is 1.25. The summed E-state index contributed by atoms with van der Waals surface area (Å²) in [5, 5.41) is 16.4. The van der Waals surface area contributed by atoms with E-state index in [2.05, 4.69) is 10.6 Å². The number of nitrogens with one attached hydrogen (secondary N) is 2. The first-order valence-electron chi connectivity index (χ1n) is 12.2. The smallest absolute Gasteiger partial charge is 0.414 e. The van der Waals surface area contributed by atoms with Gasteiger partial charge in [0.25, 0.3) is 5.56 Å². The number of hydrogen-bond acceptors (Lipinski definition) is 7. The number of carbonyl (C=O) groups is 3. The van der Waals surface area contributed by atoms with Crippen LogP contribution in [0.15, 0.2) is 52.2 Å². The van der Waals surface area contributed by atoms with Crippen molar-refractivity contribution in [2.45, 2.75) is 35.9 Å². The second-order valence-electron chi connectivity index (χ2n) is 9.43. The minimum atomic E-state index is -1.28. The fourth-order valence-corrected chi connectivity index (χ4v) is 6.20. The molecule has 3 aliphatic heterocycles. The Morgan fingerprint density at radius 1 is 1.18 bits per heavy atom. The summed E-state index contributed by atoms with van der Waals surface area (Å²) in [6.45, 7) is 0.651. The van der Waals surface area contributed by atoms with Gasteiger partial charge in [0.05, 0.1) is 29.5 Å². The first-order chi connectivity index (χ1) is 18.3. The molecule has 0 spiro atoms. The number of aliphatic carboxylic acids is 1. The lowest BCUT2D eigenvalue weighted by Gasteiger charge is -2.20. The van der Waals surface area contributed by atoms with Gasteiger partial charge in [-0.3, -0.25) is 19.1 Å². The van der Waals surface area contributed by atoms with Gasteiger partial charge in [0, 0.05) is 22.2 Å². The van der Waals surface area contributed by atoms with E-state index >= 15 is 0 Å². The summed E-state index contributed by atoms with van der Waals surface area (Å²) >= 11 is 1.44. The lowest BCUT2D eigenvalue weighted by Crippen LogP contribution is -2.35. The molecule has 12 heteroatoms. The molecule has 1 aromatic heterocycles. The molecular formula is C26H23FN4O6S. The number of fused-ring (bicyclic) bond motifs is 1. The van der Waals surface area contributed by atoms with Crippen molar-refractivity contribution in [3.05, 3.63) is 64.2 Å². The highest BCUT2D eigenvalue weighted by atomic mass is 32.2. The van der Waals surface area contributed by atoms with Crippen molar-refractivity contribution in [3.8, 4) is 0 Å². The number of rotatable bonds is 7. The molecule has 4 heterocycles. The van der Waals surface area contributed by atoms with Crippen LogP contribution in [-0.2, 0) is 14.3 Å². The molecule has 6 rings (SSSR count). The highest BCUT2D eigenvalue weighted by Gasteiger charge is 2.41. The Labute approximate surface area is 219 Å². The molecule has 3 aliphatic rings. The molecule has 1 fully saturated rings. The summed E-state index contributed by atoms with van der Waals surface area (Å²) in [7, 11) is 0. The van der Waals surface area contributed by atoms with E-state index in [1.807, 2.05) is 12.1 Å². The minimum absolute atomic E-state index is 0.0921. The van der Waals surface area contributed by atoms with Crippen molar-refractivity contribution in [2.24, 2.45) is 0 Å². The average Bonchev–Trinajstić information content (AvgIpc) is 3.44. The van der Waals surface area contributed by atoms with Gasteiger partial charge in [0.15, 0.2) is 6.04 Å². The normalized spacial score (nSPS) is 21.9. The van der Waals surface area contributed by atoms with Crippen molar-refractivity contribution in [3.63, 3.8) is 0 Å². The molecule has 3 atom stereocenters. The fourth-order valence-electron chi connectivity index (χ4n) is 5.41. The van der Waals surface area contributed by atoms with E-state index in [1.165, 1.54) is 34.9 Å². The number of amides is 2. The van der Waals surface area contributed by atoms with Crippen molar-refractivity contribution < 1.29 is 28.6 Å². The molecule has 1 saturated heterocycles. The van der Waals surface area contributed by atoms with Crippen molar-refractivity contribution >= 4 is 52.0 Å². The number of pyridine rings is 1. The number of carbonyl (C=O) groups excluding carboxylic acids is 2. The lowest BCUT2D eigenvalue weighted by molar-refractivity contribution is -0.141. The summed E-state index contributed by atoms with van der Waals surface area (Å²) in [6, 6.07) is 8.90. The molecular weight excluding hydrogens is 515 g/mol. The third kappa shape index (κ3) is 4.09. The van der Waals surface area contributed by atoms with Gasteiger partial charge in [-0.2, -0.15) is 0 Å². The molecule has 3 N–H and O–H groups in total. The number of benzene rings is 2. The van der Waals surface area contributed by atoms with E-state index in [-0.39, 0.29) is 17.6 Å². The maximum atomic E-state index is 14.9. The molecule has 2 amide bonds. The Bertz CT molecular complexity index is 1560. The molecule has 3 aromatic rings. The Morgan fingerprint density at radius 2 is 2.00 bits per heavy atom. The Balaban J connectivity index is 1.11. The standard InChI is InChI=1S/C26H23FN4O6S/c27-16-6-3-13-4-8-20(33)31-23(13)21(16)22(24(31)25(34)35)28-9-1-2-15-11-30(26(36)37-15)14-5-7-18-17(10-14)29-19(32)12-38-18/h3-8,10,15,22,24,28H,1-2,9,11-12H2,(H,29,32)(H,34,35)/t15-,22-,24+/m1/s1. The fraction of sp³-hybridized carbons (Fsp3) is 0.308. The van der Waals surface area contributed by atoms with Gasteiger partial charge in [-0.15, -0.1) is 11.8 Å². The molecule has 0 unspecified atom stereocenters. The predicted molar refractivity (Wildman–Crippen MR) is 138 cm³/mol. The number of cyclic esters (lactones) is 1. The second kappa shape index (κ2) is 9.44. The van der Waals surface area contributed by atoms with Crippen molar-refractivity contribution in [1.29, 1.82) is 0 Å². The Morgan fingerprint density at radius 3 is 2.82 bits per heavy atom. The zero-order valence-electron chi connectivity index (χ0n) is 20.0. The maximum Gasteiger partial charge on any atom is 0.414 e. The molecule has 0 saturated carbocycles. The second-order valence-corrected chi connectivity index (χ2v) is 10.4. The summed E-state index contributed by atoms with van der Waals surface area (Å²) < 4.78 is 21.5. The SMILES string of the molecule is O=C1CSc2ccc(N3C[C@@H](CCCN[C@@H]4c5c(F)ccc6ccc(=O)n(c56)[C@@H]4C(=O)O)OC3=O)cc2N1. The highest BCUT2D eigenvalue weighted by molar-refractivity contribution is 8.00. The number of nitrogens with zero attached hydrogens (tertiary/aromatic N) is 2. The van der Waals surface area contributed by atoms with Gasteiger partial charge in [-0.25, -0.2) is 14.0 Å². The Hall–Kier alpha value is -3.90. The summed E-state index contributed by atoms with van der Waals surface area (Å²) in [6.07, 6.45) is 0.150. The van der Waals surface area contributed by atoms with E-state index in [0.717, 1.165) is 9.46 Å². The number of carboxylic acid groups (broad SMARTS) is 1. The highest BCUT2D eigenvalue weighted by Crippen LogP contribution is 2.41. The number of aromatic nitrogens is 1. The van der Waals surface area contributed by atoms with Crippen molar-refractivity contribution in [1.82, 2.24) is 9.88 Å². The monoisotopic (exact) mass is 538 g/mol. The zero-order valence-corrected chi connectivity index (χ0v) is 20.8. The van der Waals surface area contributed by atoms with E-state index in [4.69, 9.17) is 4.74 Å². The van der Waals surface area contributed by atoms with Crippen LogP contribution in [0, 0.1) is 5.82 Å². The van der Waals surface area contributed by atoms with E-state index < -0.39 is 35.5 Å². The van der Waals surface area contributed by atoms with E-state index in [1.54, 1.807) is 12.1 Å². The number of thioether (sulfide) groups is 1. The number of halogens is 1. The summed E-state index contributed by atoms with van der Waals surface area (Å²) in [5.74, 6) is -1.54.